The quantitative estimate of drug-likeness (QED) is 0.562. The summed E-state index contributed by atoms with van der Waals surface area (Å²) in [5, 5.41) is 5.07. The molecule has 0 atom stereocenters. The van der Waals surface area contributed by atoms with Gasteiger partial charge in [-0.25, -0.2) is 22.0 Å². The number of halogens is 1. The molecule has 0 aliphatic carbocycles. The Hall–Kier alpha value is -1.85. The maximum atomic E-state index is 11.2. The Morgan fingerprint density at radius 2 is 1.18 bits per heavy atom. The summed E-state index contributed by atoms with van der Waals surface area (Å²) in [5.41, 5.74) is 1.44. The monoisotopic (exact) mass is 518 g/mol. The topological polar surface area (TPSA) is 148 Å². The molecule has 5 N–H and O–H groups in total. The fourth-order valence-corrected chi connectivity index (χ4v) is 4.96. The maximum Gasteiger partial charge on any atom is 0.261 e. The summed E-state index contributed by atoms with van der Waals surface area (Å²) < 4.78 is 56.2. The van der Waals surface area contributed by atoms with Crippen molar-refractivity contribution in [2.75, 3.05) is 0 Å². The van der Waals surface area contributed by atoms with Gasteiger partial charge in [0, 0.05) is 10.7 Å². The highest BCUT2D eigenvalue weighted by Crippen LogP contribution is 2.35. The first-order valence-corrected chi connectivity index (χ1v) is 14.0. The molecule has 184 valence electrons. The second-order valence-corrected chi connectivity index (χ2v) is 13.4. The highest BCUT2D eigenvalue weighted by Gasteiger charge is 2.28. The average Bonchev–Trinajstić information content (AvgIpc) is 2.65. The van der Waals surface area contributed by atoms with E-state index in [1.165, 1.54) is 12.1 Å². The number of aryl methyl sites for hydroxylation is 2. The zero-order valence-corrected chi connectivity index (χ0v) is 21.6. The van der Waals surface area contributed by atoms with Gasteiger partial charge in [-0.05, 0) is 101 Å². The predicted molar refractivity (Wildman–Crippen MR) is 128 cm³/mol. The minimum absolute atomic E-state index is 0. The lowest BCUT2D eigenvalue weighted by Crippen LogP contribution is -2.32. The molecule has 2 heterocycles. The fraction of sp³-hybridized carbons (Fsp3) is 0.455. The average molecular weight is 519 g/mol. The summed E-state index contributed by atoms with van der Waals surface area (Å²) in [6.45, 7) is 8.07. The number of hydrogen-bond donors (Lipinski definition) is 2. The predicted octanol–water partition coefficient (Wildman–Crippen LogP) is 4.32. The van der Waals surface area contributed by atoms with Gasteiger partial charge in [0.05, 0.1) is 9.79 Å². The van der Waals surface area contributed by atoms with Crippen molar-refractivity contribution in [2.45, 2.75) is 74.4 Å². The van der Waals surface area contributed by atoms with Gasteiger partial charge in [0.2, 0.25) is 10.0 Å². The molecule has 4 rings (SSSR count). The first-order chi connectivity index (χ1) is 14.6. The number of hydrogen-bond acceptors (Lipinski definition) is 7. The number of fused-ring (bicyclic) bond motifs is 2. The molecule has 33 heavy (non-hydrogen) atoms. The number of sulfonamides is 1. The summed E-state index contributed by atoms with van der Waals surface area (Å²) >= 11 is 0. The molecule has 0 fully saturated rings. The smallest absolute Gasteiger partial charge is 0.261 e. The van der Waals surface area contributed by atoms with E-state index in [2.05, 4.69) is 0 Å². The van der Waals surface area contributed by atoms with E-state index in [1.807, 2.05) is 27.7 Å². The number of nitrogens with two attached hydrogens (primary N) is 1. The van der Waals surface area contributed by atoms with Crippen LogP contribution < -0.4 is 20.8 Å². The van der Waals surface area contributed by atoms with E-state index in [0.717, 1.165) is 48.3 Å². The molecular weight excluding hydrogens is 488 g/mol. The summed E-state index contributed by atoms with van der Waals surface area (Å²) in [6, 6.07) is 9.49. The van der Waals surface area contributed by atoms with Crippen molar-refractivity contribution in [3.63, 3.8) is 0 Å². The minimum Gasteiger partial charge on any atom is -0.488 e. The first kappa shape index (κ1) is 27.4. The SMILES string of the molecule is CC1(C)CCc2cc(S(=O)(=O)Cl)ccc2O1.CC1(C)CCc2cc(S(N)(=O)=O)ccc2O1.N. The van der Waals surface area contributed by atoms with Crippen molar-refractivity contribution >= 4 is 29.8 Å². The molecule has 0 unspecified atom stereocenters. The molecule has 2 aliphatic rings. The summed E-state index contributed by atoms with van der Waals surface area (Å²) in [7, 11) is -1.98. The molecule has 2 aromatic rings. The highest BCUT2D eigenvalue weighted by atomic mass is 35.7. The van der Waals surface area contributed by atoms with Crippen LogP contribution in [-0.2, 0) is 31.9 Å². The van der Waals surface area contributed by atoms with Crippen LogP contribution in [-0.4, -0.2) is 28.0 Å². The van der Waals surface area contributed by atoms with Crippen molar-refractivity contribution in [1.82, 2.24) is 6.15 Å². The lowest BCUT2D eigenvalue weighted by molar-refractivity contribution is 0.0841. The Kier molecular flexibility index (Phi) is 7.82. The number of rotatable bonds is 2. The Morgan fingerprint density at radius 3 is 1.58 bits per heavy atom. The Morgan fingerprint density at radius 1 is 0.788 bits per heavy atom. The van der Waals surface area contributed by atoms with Crippen molar-refractivity contribution < 1.29 is 26.3 Å². The van der Waals surface area contributed by atoms with Crippen LogP contribution in [0.4, 0.5) is 0 Å². The fourth-order valence-electron chi connectivity index (χ4n) is 3.60. The van der Waals surface area contributed by atoms with E-state index < -0.39 is 19.1 Å². The summed E-state index contributed by atoms with van der Waals surface area (Å²) in [4.78, 5) is 0.283. The van der Waals surface area contributed by atoms with Crippen LogP contribution >= 0.6 is 10.7 Å². The van der Waals surface area contributed by atoms with Gasteiger partial charge in [0.25, 0.3) is 9.05 Å². The van der Waals surface area contributed by atoms with Crippen LogP contribution in [0, 0.1) is 0 Å². The molecule has 0 aromatic heterocycles. The normalized spacial score (nSPS) is 18.1. The molecule has 0 saturated heterocycles. The van der Waals surface area contributed by atoms with E-state index in [1.54, 1.807) is 24.3 Å². The lowest BCUT2D eigenvalue weighted by atomic mass is 9.94. The second kappa shape index (κ2) is 9.42. The second-order valence-electron chi connectivity index (χ2n) is 9.25. The molecule has 0 spiro atoms. The molecular formula is C22H31ClN2O6S2. The molecule has 0 saturated carbocycles. The van der Waals surface area contributed by atoms with E-state index in [0.29, 0.717) is 0 Å². The van der Waals surface area contributed by atoms with Gasteiger partial charge in [0.1, 0.15) is 22.7 Å². The van der Waals surface area contributed by atoms with Crippen molar-refractivity contribution in [3.05, 3.63) is 47.5 Å². The van der Waals surface area contributed by atoms with Gasteiger partial charge in [-0.3, -0.25) is 0 Å². The Labute approximate surface area is 200 Å². The third kappa shape index (κ3) is 7.07. The van der Waals surface area contributed by atoms with E-state index in [-0.39, 0.29) is 27.1 Å². The third-order valence-corrected chi connectivity index (χ3v) is 7.70. The van der Waals surface area contributed by atoms with E-state index in [4.69, 9.17) is 25.3 Å². The Balaban J connectivity index is 0.000000227. The van der Waals surface area contributed by atoms with Crippen LogP contribution in [0.15, 0.2) is 46.2 Å². The van der Waals surface area contributed by atoms with Gasteiger partial charge in [-0.2, -0.15) is 0 Å². The number of benzene rings is 2. The van der Waals surface area contributed by atoms with Gasteiger partial charge in [0.15, 0.2) is 0 Å². The summed E-state index contributed by atoms with van der Waals surface area (Å²) in [6.07, 6.45) is 3.36. The van der Waals surface area contributed by atoms with Crippen LogP contribution in [0.2, 0.25) is 0 Å². The highest BCUT2D eigenvalue weighted by molar-refractivity contribution is 8.13. The molecule has 2 aromatic carbocycles. The van der Waals surface area contributed by atoms with Gasteiger partial charge < -0.3 is 15.6 Å². The van der Waals surface area contributed by atoms with E-state index in [9.17, 15) is 16.8 Å². The Bertz CT molecular complexity index is 1140. The van der Waals surface area contributed by atoms with Crippen molar-refractivity contribution in [3.8, 4) is 11.5 Å². The van der Waals surface area contributed by atoms with Gasteiger partial charge >= 0.3 is 0 Å². The zero-order valence-electron chi connectivity index (χ0n) is 19.2. The lowest BCUT2D eigenvalue weighted by Gasteiger charge is -2.32. The van der Waals surface area contributed by atoms with Crippen molar-refractivity contribution in [1.29, 1.82) is 0 Å². The van der Waals surface area contributed by atoms with Gasteiger partial charge in [-0.15, -0.1) is 0 Å². The molecule has 0 radical (unpaired) electrons. The molecule has 8 nitrogen and oxygen atoms in total. The van der Waals surface area contributed by atoms with Crippen LogP contribution in [0.3, 0.4) is 0 Å². The third-order valence-electron chi connectivity index (χ3n) is 5.44. The number of ether oxygens (including phenoxy) is 2. The minimum atomic E-state index is -3.65. The first-order valence-electron chi connectivity index (χ1n) is 10.2. The number of primary sulfonamides is 1. The molecule has 0 bridgehead atoms. The van der Waals surface area contributed by atoms with Crippen LogP contribution in [0.25, 0.3) is 0 Å². The largest absolute Gasteiger partial charge is 0.488 e. The van der Waals surface area contributed by atoms with Crippen molar-refractivity contribution in [2.24, 2.45) is 5.14 Å². The molecule has 11 heteroatoms. The maximum absolute atomic E-state index is 11.2. The van der Waals surface area contributed by atoms with E-state index >= 15 is 0 Å². The molecule has 2 aliphatic heterocycles. The molecule has 0 amide bonds. The zero-order chi connectivity index (χ0) is 23.9. The van der Waals surface area contributed by atoms with Crippen LogP contribution in [0.5, 0.6) is 11.5 Å². The standard InChI is InChI=1S/C11H13ClO3S.C11H15NO3S.H3N/c2*1-11(2)6-5-8-7-9(16(12,13)14)3-4-10(8)15-11;/h3-4,7H,5-6H2,1-2H3;3-4,7H,5-6H2,1-2H3,(H2,12,13,14);1H3. The van der Waals surface area contributed by atoms with Crippen LogP contribution in [0.1, 0.15) is 51.7 Å². The summed E-state index contributed by atoms with van der Waals surface area (Å²) in [5.74, 6) is 1.50. The van der Waals surface area contributed by atoms with Gasteiger partial charge in [-0.1, -0.05) is 0 Å².